The number of halogens is 3. The van der Waals surface area contributed by atoms with E-state index < -0.39 is 11.9 Å². The van der Waals surface area contributed by atoms with Crippen molar-refractivity contribution in [3.63, 3.8) is 0 Å². The predicted octanol–water partition coefficient (Wildman–Crippen LogP) is 5.05. The summed E-state index contributed by atoms with van der Waals surface area (Å²) in [6, 6.07) is 10.8. The summed E-state index contributed by atoms with van der Waals surface area (Å²) in [6.07, 6.45) is -1.65. The molecule has 5 nitrogen and oxygen atoms in total. The molecule has 148 valence electrons. The first-order chi connectivity index (χ1) is 13.7. The summed E-state index contributed by atoms with van der Waals surface area (Å²) >= 11 is 0. The van der Waals surface area contributed by atoms with Crippen molar-refractivity contribution in [1.29, 1.82) is 0 Å². The summed E-state index contributed by atoms with van der Waals surface area (Å²) < 4.78 is 45.3. The van der Waals surface area contributed by atoms with Gasteiger partial charge in [-0.25, -0.2) is 4.98 Å². The number of fused-ring (bicyclic) bond motifs is 1. The second-order valence-electron chi connectivity index (χ2n) is 6.71. The molecule has 0 atom stereocenters. The average Bonchev–Trinajstić information content (AvgIpc) is 3.09. The highest BCUT2D eigenvalue weighted by Gasteiger charge is 2.32. The van der Waals surface area contributed by atoms with E-state index in [1.165, 1.54) is 12.1 Å². The van der Waals surface area contributed by atoms with Crippen LogP contribution in [0.1, 0.15) is 11.3 Å². The van der Waals surface area contributed by atoms with Crippen LogP contribution in [0.15, 0.2) is 59.7 Å². The maximum atomic E-state index is 12.7. The van der Waals surface area contributed by atoms with E-state index in [1.807, 2.05) is 19.2 Å². The van der Waals surface area contributed by atoms with Crippen LogP contribution in [0.5, 0.6) is 11.5 Å². The number of H-pyrrole nitrogens is 1. The minimum Gasteiger partial charge on any atom is -0.456 e. The van der Waals surface area contributed by atoms with Crippen molar-refractivity contribution in [2.24, 2.45) is 7.05 Å². The van der Waals surface area contributed by atoms with Gasteiger partial charge in [-0.2, -0.15) is 13.2 Å². The zero-order valence-corrected chi connectivity index (χ0v) is 15.5. The van der Waals surface area contributed by atoms with Crippen LogP contribution in [-0.4, -0.2) is 14.5 Å². The molecule has 0 fully saturated rings. The van der Waals surface area contributed by atoms with E-state index in [9.17, 15) is 18.0 Å². The molecular formula is C21H16F3N3O2. The molecule has 1 aromatic carbocycles. The van der Waals surface area contributed by atoms with Gasteiger partial charge in [0.15, 0.2) is 0 Å². The highest BCUT2D eigenvalue weighted by atomic mass is 19.4. The number of benzene rings is 1. The number of ether oxygens (including phenoxy) is 1. The first-order valence-electron chi connectivity index (χ1n) is 8.72. The molecular weight excluding hydrogens is 383 g/mol. The monoisotopic (exact) mass is 399 g/mol. The number of aromatic amines is 1. The zero-order chi connectivity index (χ0) is 20.8. The van der Waals surface area contributed by atoms with Crippen molar-refractivity contribution in [3.05, 3.63) is 76.5 Å². The quantitative estimate of drug-likeness (QED) is 0.525. The predicted molar refractivity (Wildman–Crippen MR) is 103 cm³/mol. The van der Waals surface area contributed by atoms with Gasteiger partial charge in [0.25, 0.3) is 5.56 Å². The average molecular weight is 399 g/mol. The maximum absolute atomic E-state index is 12.7. The molecule has 0 saturated heterocycles. The van der Waals surface area contributed by atoms with E-state index in [-0.39, 0.29) is 11.3 Å². The molecule has 0 aliphatic rings. The Morgan fingerprint density at radius 1 is 1.07 bits per heavy atom. The Balaban J connectivity index is 1.72. The molecule has 0 aliphatic carbocycles. The lowest BCUT2D eigenvalue weighted by molar-refractivity contribution is -0.141. The van der Waals surface area contributed by atoms with E-state index >= 15 is 0 Å². The van der Waals surface area contributed by atoms with Crippen LogP contribution in [0.3, 0.4) is 0 Å². The molecule has 4 aromatic rings. The Bertz CT molecular complexity index is 1260. The second-order valence-corrected chi connectivity index (χ2v) is 6.71. The Kier molecular flexibility index (Phi) is 4.41. The number of alkyl halides is 3. The van der Waals surface area contributed by atoms with E-state index in [0.717, 1.165) is 40.0 Å². The van der Waals surface area contributed by atoms with Crippen LogP contribution in [0.2, 0.25) is 0 Å². The molecule has 3 aromatic heterocycles. The first-order valence-corrected chi connectivity index (χ1v) is 8.72. The van der Waals surface area contributed by atoms with Gasteiger partial charge in [0, 0.05) is 24.9 Å². The number of aryl methyl sites for hydroxylation is 2. The standard InChI is InChI=1S/C21H16F3N3O2/c1-12-7-13(16-11-25-17-4-6-19(28)27(2)20(16)17)9-15(8-12)29-14-3-5-18(26-10-14)21(22,23)24/h3-11,25H,1-2H3. The van der Waals surface area contributed by atoms with Gasteiger partial charge >= 0.3 is 6.18 Å². The summed E-state index contributed by atoms with van der Waals surface area (Å²) in [6.45, 7) is 1.88. The van der Waals surface area contributed by atoms with Crippen LogP contribution < -0.4 is 10.3 Å². The number of nitrogens with zero attached hydrogens (tertiary/aromatic N) is 2. The molecule has 4 rings (SSSR count). The normalized spacial score (nSPS) is 11.8. The van der Waals surface area contributed by atoms with Gasteiger partial charge in [0.2, 0.25) is 0 Å². The van der Waals surface area contributed by atoms with Crippen LogP contribution in [0, 0.1) is 6.92 Å². The largest absolute Gasteiger partial charge is 0.456 e. The van der Waals surface area contributed by atoms with E-state index in [4.69, 9.17) is 4.74 Å². The Hall–Kier alpha value is -3.55. The molecule has 29 heavy (non-hydrogen) atoms. The lowest BCUT2D eigenvalue weighted by Gasteiger charge is -2.11. The molecule has 0 radical (unpaired) electrons. The van der Waals surface area contributed by atoms with Gasteiger partial charge < -0.3 is 14.3 Å². The van der Waals surface area contributed by atoms with Crippen LogP contribution >= 0.6 is 0 Å². The Morgan fingerprint density at radius 2 is 1.86 bits per heavy atom. The SMILES string of the molecule is Cc1cc(Oc2ccc(C(F)(F)F)nc2)cc(-c2c[nH]c3ccc(=O)n(C)c23)c1. The van der Waals surface area contributed by atoms with Crippen molar-refractivity contribution in [1.82, 2.24) is 14.5 Å². The lowest BCUT2D eigenvalue weighted by atomic mass is 10.0. The van der Waals surface area contributed by atoms with Crippen molar-refractivity contribution < 1.29 is 17.9 Å². The van der Waals surface area contributed by atoms with Crippen molar-refractivity contribution >= 4 is 11.0 Å². The number of hydrogen-bond acceptors (Lipinski definition) is 3. The number of nitrogens with one attached hydrogen (secondary N) is 1. The minimum absolute atomic E-state index is 0.127. The summed E-state index contributed by atoms with van der Waals surface area (Å²) in [4.78, 5) is 18.6. The fraction of sp³-hybridized carbons (Fsp3) is 0.143. The third kappa shape index (κ3) is 3.61. The van der Waals surface area contributed by atoms with Gasteiger partial charge in [0.1, 0.15) is 17.2 Å². The van der Waals surface area contributed by atoms with Gasteiger partial charge in [-0.3, -0.25) is 4.79 Å². The summed E-state index contributed by atoms with van der Waals surface area (Å²) in [5.41, 5.74) is 3.00. The van der Waals surface area contributed by atoms with E-state index in [2.05, 4.69) is 9.97 Å². The van der Waals surface area contributed by atoms with Gasteiger partial charge in [-0.05, 0) is 48.4 Å². The van der Waals surface area contributed by atoms with Crippen molar-refractivity contribution in [3.8, 4) is 22.6 Å². The number of rotatable bonds is 3. The van der Waals surface area contributed by atoms with Crippen molar-refractivity contribution in [2.45, 2.75) is 13.1 Å². The fourth-order valence-corrected chi connectivity index (χ4v) is 3.22. The number of hydrogen-bond donors (Lipinski definition) is 1. The Morgan fingerprint density at radius 3 is 2.55 bits per heavy atom. The smallest absolute Gasteiger partial charge is 0.433 e. The highest BCUT2D eigenvalue weighted by Crippen LogP contribution is 2.33. The molecule has 0 bridgehead atoms. The topological polar surface area (TPSA) is 59.9 Å². The minimum atomic E-state index is -4.50. The molecule has 0 aliphatic heterocycles. The number of aromatic nitrogens is 3. The van der Waals surface area contributed by atoms with E-state index in [0.29, 0.717) is 5.75 Å². The molecule has 0 saturated carbocycles. The number of pyridine rings is 2. The molecule has 0 unspecified atom stereocenters. The first kappa shape index (κ1) is 18.8. The van der Waals surface area contributed by atoms with Crippen LogP contribution in [-0.2, 0) is 13.2 Å². The van der Waals surface area contributed by atoms with Crippen LogP contribution in [0.25, 0.3) is 22.2 Å². The fourth-order valence-electron chi connectivity index (χ4n) is 3.22. The molecule has 3 heterocycles. The van der Waals surface area contributed by atoms with E-state index in [1.54, 1.807) is 29.8 Å². The van der Waals surface area contributed by atoms with Gasteiger partial charge in [0.05, 0.1) is 17.2 Å². The summed E-state index contributed by atoms with van der Waals surface area (Å²) in [7, 11) is 1.70. The maximum Gasteiger partial charge on any atom is 0.433 e. The third-order valence-electron chi connectivity index (χ3n) is 4.57. The zero-order valence-electron chi connectivity index (χ0n) is 15.5. The molecule has 0 amide bonds. The molecule has 8 heteroatoms. The molecule has 0 spiro atoms. The summed E-state index contributed by atoms with van der Waals surface area (Å²) in [5, 5.41) is 0. The van der Waals surface area contributed by atoms with Gasteiger partial charge in [-0.15, -0.1) is 0 Å². The Labute approximate surface area is 163 Å². The third-order valence-corrected chi connectivity index (χ3v) is 4.57. The lowest BCUT2D eigenvalue weighted by Crippen LogP contribution is -2.14. The van der Waals surface area contributed by atoms with Crippen LogP contribution in [0.4, 0.5) is 13.2 Å². The summed E-state index contributed by atoms with van der Waals surface area (Å²) in [5.74, 6) is 0.651. The van der Waals surface area contributed by atoms with Crippen molar-refractivity contribution in [2.75, 3.05) is 0 Å². The second kappa shape index (κ2) is 6.80. The molecule has 1 N–H and O–H groups in total. The highest BCUT2D eigenvalue weighted by molar-refractivity contribution is 5.93. The van der Waals surface area contributed by atoms with Gasteiger partial charge in [-0.1, -0.05) is 6.07 Å².